The number of carbonyl (C=O) groups excluding carboxylic acids is 2. The summed E-state index contributed by atoms with van der Waals surface area (Å²) < 4.78 is 28.3. The molecule has 2 heterocycles. The summed E-state index contributed by atoms with van der Waals surface area (Å²) in [6.07, 6.45) is 1.28. The molecule has 2 aromatic carbocycles. The maximum atomic E-state index is 13.4. The number of fused-ring (bicyclic) bond motifs is 1. The summed E-state index contributed by atoms with van der Waals surface area (Å²) in [4.78, 5) is 27.1. The number of piperidine rings is 1. The molecule has 0 saturated carbocycles. The van der Waals surface area contributed by atoms with Crippen LogP contribution < -0.4 is 10.2 Å². The Morgan fingerprint density at radius 2 is 1.85 bits per heavy atom. The van der Waals surface area contributed by atoms with E-state index in [1.807, 2.05) is 45.0 Å². The zero-order chi connectivity index (χ0) is 24.0. The first-order valence-corrected chi connectivity index (χ1v) is 12.7. The molecule has 0 aromatic heterocycles. The smallest absolute Gasteiger partial charge is 0.243 e. The van der Waals surface area contributed by atoms with Crippen molar-refractivity contribution in [2.75, 3.05) is 25.0 Å². The largest absolute Gasteiger partial charge is 0.352 e. The lowest BCUT2D eigenvalue weighted by atomic mass is 9.86. The number of hydrogen-bond acceptors (Lipinski definition) is 4. The number of anilines is 1. The van der Waals surface area contributed by atoms with Gasteiger partial charge >= 0.3 is 0 Å². The summed E-state index contributed by atoms with van der Waals surface area (Å²) >= 11 is 0. The average molecular weight is 470 g/mol. The number of amides is 2. The molecule has 1 N–H and O–H groups in total. The Hall–Kier alpha value is -2.71. The van der Waals surface area contributed by atoms with Gasteiger partial charge in [0, 0.05) is 32.4 Å². The van der Waals surface area contributed by atoms with E-state index in [-0.39, 0.29) is 23.3 Å². The molecule has 0 unspecified atom stereocenters. The van der Waals surface area contributed by atoms with E-state index in [0.29, 0.717) is 31.5 Å². The van der Waals surface area contributed by atoms with Gasteiger partial charge in [0.05, 0.1) is 16.2 Å². The molecule has 0 radical (unpaired) electrons. The maximum Gasteiger partial charge on any atom is 0.243 e. The van der Waals surface area contributed by atoms with Gasteiger partial charge in [-0.15, -0.1) is 0 Å². The van der Waals surface area contributed by atoms with Crippen LogP contribution in [0.1, 0.15) is 43.4 Å². The van der Waals surface area contributed by atoms with Crippen LogP contribution in [0.4, 0.5) is 5.69 Å². The first kappa shape index (κ1) is 23.4. The summed E-state index contributed by atoms with van der Waals surface area (Å²) in [5.41, 5.74) is 2.82. The van der Waals surface area contributed by atoms with Crippen molar-refractivity contribution in [1.29, 1.82) is 0 Å². The number of benzene rings is 2. The monoisotopic (exact) mass is 469 g/mol. The summed E-state index contributed by atoms with van der Waals surface area (Å²) in [6.45, 7) is 6.58. The zero-order valence-electron chi connectivity index (χ0n) is 19.6. The van der Waals surface area contributed by atoms with Crippen molar-refractivity contribution in [1.82, 2.24) is 9.62 Å². The van der Waals surface area contributed by atoms with E-state index in [1.54, 1.807) is 30.1 Å². The molecule has 2 aromatic rings. The number of hydrogen-bond donors (Lipinski definition) is 1. The molecule has 7 nitrogen and oxygen atoms in total. The Bertz CT molecular complexity index is 1190. The number of carbonyl (C=O) groups is 2. The van der Waals surface area contributed by atoms with Crippen molar-refractivity contribution < 1.29 is 18.0 Å². The lowest BCUT2D eigenvalue weighted by Crippen LogP contribution is -2.45. The number of nitrogens with zero attached hydrogens (tertiary/aromatic N) is 2. The Morgan fingerprint density at radius 3 is 2.55 bits per heavy atom. The standard InChI is InChI=1S/C25H31N3O4S/c1-17-7-9-18(10-8-17)15-26-23(29)19-6-5-13-28(16-19)33(31,32)20-11-12-22-21(14-20)25(2,3)24(30)27(22)4/h7-12,14,19H,5-6,13,15-16H2,1-4H3,(H,26,29)/t19-/m0/s1. The molecule has 0 spiro atoms. The van der Waals surface area contributed by atoms with Gasteiger partial charge in [-0.05, 0) is 62.9 Å². The second-order valence-corrected chi connectivity index (χ2v) is 11.5. The van der Waals surface area contributed by atoms with E-state index >= 15 is 0 Å². The van der Waals surface area contributed by atoms with Gasteiger partial charge in [-0.1, -0.05) is 29.8 Å². The van der Waals surface area contributed by atoms with Crippen LogP contribution in [0, 0.1) is 12.8 Å². The fourth-order valence-corrected chi connectivity index (χ4v) is 6.23. The average Bonchev–Trinajstić information content (AvgIpc) is 2.98. The maximum absolute atomic E-state index is 13.4. The minimum atomic E-state index is -3.78. The molecule has 1 saturated heterocycles. The fraction of sp³-hybridized carbons (Fsp3) is 0.440. The van der Waals surface area contributed by atoms with Crippen LogP contribution in [-0.2, 0) is 31.6 Å². The van der Waals surface area contributed by atoms with Gasteiger partial charge in [0.2, 0.25) is 21.8 Å². The number of rotatable bonds is 5. The highest BCUT2D eigenvalue weighted by Gasteiger charge is 2.43. The van der Waals surface area contributed by atoms with E-state index in [2.05, 4.69) is 5.32 Å². The van der Waals surface area contributed by atoms with E-state index in [1.165, 1.54) is 4.31 Å². The van der Waals surface area contributed by atoms with Crippen LogP contribution in [0.3, 0.4) is 0 Å². The number of aryl methyl sites for hydroxylation is 1. The van der Waals surface area contributed by atoms with Gasteiger partial charge < -0.3 is 10.2 Å². The SMILES string of the molecule is Cc1ccc(CNC(=O)[C@H]2CCCN(S(=O)(=O)c3ccc4c(c3)C(C)(C)C(=O)N4C)C2)cc1. The van der Waals surface area contributed by atoms with Gasteiger partial charge in [0.1, 0.15) is 0 Å². The first-order chi connectivity index (χ1) is 15.5. The summed E-state index contributed by atoms with van der Waals surface area (Å²) in [6, 6.07) is 12.8. The molecule has 1 fully saturated rings. The van der Waals surface area contributed by atoms with Crippen LogP contribution in [-0.4, -0.2) is 44.7 Å². The molecule has 2 amide bonds. The van der Waals surface area contributed by atoms with Crippen LogP contribution in [0.25, 0.3) is 0 Å². The van der Waals surface area contributed by atoms with Crippen molar-refractivity contribution >= 4 is 27.5 Å². The minimum Gasteiger partial charge on any atom is -0.352 e. The van der Waals surface area contributed by atoms with E-state index in [4.69, 9.17) is 0 Å². The topological polar surface area (TPSA) is 86.8 Å². The lowest BCUT2D eigenvalue weighted by Gasteiger charge is -2.31. The Morgan fingerprint density at radius 1 is 1.15 bits per heavy atom. The molecule has 0 bridgehead atoms. The van der Waals surface area contributed by atoms with Crippen molar-refractivity contribution in [2.24, 2.45) is 5.92 Å². The summed E-state index contributed by atoms with van der Waals surface area (Å²) in [5.74, 6) is -0.578. The second kappa shape index (κ2) is 8.57. The normalized spacial score (nSPS) is 20.5. The molecule has 2 aliphatic heterocycles. The van der Waals surface area contributed by atoms with Gasteiger partial charge in [0.25, 0.3) is 0 Å². The number of sulfonamides is 1. The van der Waals surface area contributed by atoms with Gasteiger partial charge in [-0.2, -0.15) is 4.31 Å². The van der Waals surface area contributed by atoms with E-state index in [9.17, 15) is 18.0 Å². The molecule has 1 atom stereocenters. The van der Waals surface area contributed by atoms with Crippen LogP contribution in [0.5, 0.6) is 0 Å². The molecule has 4 rings (SSSR count). The Balaban J connectivity index is 1.49. The van der Waals surface area contributed by atoms with Crippen molar-refractivity contribution in [3.05, 3.63) is 59.2 Å². The van der Waals surface area contributed by atoms with Crippen LogP contribution >= 0.6 is 0 Å². The predicted molar refractivity (Wildman–Crippen MR) is 127 cm³/mol. The van der Waals surface area contributed by atoms with E-state index < -0.39 is 21.4 Å². The third-order valence-electron chi connectivity index (χ3n) is 6.82. The van der Waals surface area contributed by atoms with E-state index in [0.717, 1.165) is 16.8 Å². The number of nitrogens with one attached hydrogen (secondary N) is 1. The molecule has 0 aliphatic carbocycles. The molecular weight excluding hydrogens is 438 g/mol. The Labute approximate surface area is 195 Å². The molecule has 176 valence electrons. The second-order valence-electron chi connectivity index (χ2n) is 9.57. The van der Waals surface area contributed by atoms with Gasteiger partial charge in [0.15, 0.2) is 0 Å². The van der Waals surface area contributed by atoms with Crippen molar-refractivity contribution in [3.63, 3.8) is 0 Å². The molecule has 2 aliphatic rings. The first-order valence-electron chi connectivity index (χ1n) is 11.3. The van der Waals surface area contributed by atoms with Crippen molar-refractivity contribution in [2.45, 2.75) is 50.5 Å². The van der Waals surface area contributed by atoms with Crippen molar-refractivity contribution in [3.8, 4) is 0 Å². The van der Waals surface area contributed by atoms with Gasteiger partial charge in [-0.3, -0.25) is 9.59 Å². The minimum absolute atomic E-state index is 0.0599. The fourth-order valence-electron chi connectivity index (χ4n) is 4.68. The molecule has 8 heteroatoms. The van der Waals surface area contributed by atoms with Crippen LogP contribution in [0.2, 0.25) is 0 Å². The highest BCUT2D eigenvalue weighted by atomic mass is 32.2. The van der Waals surface area contributed by atoms with Gasteiger partial charge in [-0.25, -0.2) is 8.42 Å². The third-order valence-corrected chi connectivity index (χ3v) is 8.68. The lowest BCUT2D eigenvalue weighted by molar-refractivity contribution is -0.126. The third kappa shape index (κ3) is 4.29. The number of likely N-dealkylation sites (N-methyl/N-ethyl adjacent to an activating group) is 1. The predicted octanol–water partition coefficient (Wildman–Crippen LogP) is 2.97. The Kier molecular flexibility index (Phi) is 6.09. The zero-order valence-corrected chi connectivity index (χ0v) is 20.4. The van der Waals surface area contributed by atoms with Crippen LogP contribution in [0.15, 0.2) is 47.4 Å². The quantitative estimate of drug-likeness (QED) is 0.729. The highest BCUT2D eigenvalue weighted by molar-refractivity contribution is 7.89. The summed E-state index contributed by atoms with van der Waals surface area (Å²) in [5, 5.41) is 2.95. The molecule has 33 heavy (non-hydrogen) atoms. The molecular formula is C25H31N3O4S. The summed E-state index contributed by atoms with van der Waals surface area (Å²) in [7, 11) is -2.08. The highest BCUT2D eigenvalue weighted by Crippen LogP contribution is 2.42.